The molecular weight excluding hydrogens is 673 g/mol. The van der Waals surface area contributed by atoms with E-state index in [1.807, 2.05) is 54.7 Å². The van der Waals surface area contributed by atoms with Crippen LogP contribution >= 0.6 is 0 Å². The minimum Gasteiger partial charge on any atom is -0.462 e. The molecule has 0 saturated carbocycles. The van der Waals surface area contributed by atoms with E-state index in [-0.39, 0.29) is 37.5 Å². The van der Waals surface area contributed by atoms with Crippen molar-refractivity contribution >= 4 is 17.9 Å². The first-order valence-electron chi connectivity index (χ1n) is 22.0. The molecule has 0 N–H and O–H groups in total. The van der Waals surface area contributed by atoms with Gasteiger partial charge >= 0.3 is 17.9 Å². The summed E-state index contributed by atoms with van der Waals surface area (Å²) in [5, 5.41) is 0. The average molecular weight is 753 g/mol. The van der Waals surface area contributed by atoms with Gasteiger partial charge in [-0.25, -0.2) is 0 Å². The quantitative estimate of drug-likeness (QED) is 0.0205. The fourth-order valence-electron chi connectivity index (χ4n) is 5.75. The van der Waals surface area contributed by atoms with Crippen molar-refractivity contribution in [2.45, 2.75) is 200 Å². The maximum Gasteiger partial charge on any atom is 0.306 e. The minimum absolute atomic E-state index is 0.103. The molecule has 1 atom stereocenters. The lowest BCUT2D eigenvalue weighted by Gasteiger charge is -2.18. The van der Waals surface area contributed by atoms with Crippen molar-refractivity contribution in [3.63, 3.8) is 0 Å². The van der Waals surface area contributed by atoms with Gasteiger partial charge in [0.15, 0.2) is 6.10 Å². The number of allylic oxidation sites excluding steroid dienone is 12. The first-order valence-corrected chi connectivity index (χ1v) is 22.0. The Morgan fingerprint density at radius 2 is 0.778 bits per heavy atom. The lowest BCUT2D eigenvalue weighted by molar-refractivity contribution is -0.167. The molecule has 6 heteroatoms. The molecule has 0 aliphatic heterocycles. The van der Waals surface area contributed by atoms with Crippen LogP contribution in [-0.2, 0) is 28.6 Å². The zero-order chi connectivity index (χ0) is 39.4. The topological polar surface area (TPSA) is 78.9 Å². The van der Waals surface area contributed by atoms with Crippen LogP contribution in [0.25, 0.3) is 0 Å². The zero-order valence-corrected chi connectivity index (χ0v) is 35.0. The molecule has 308 valence electrons. The first kappa shape index (κ1) is 50.9. The highest BCUT2D eigenvalue weighted by molar-refractivity contribution is 5.71. The van der Waals surface area contributed by atoms with Gasteiger partial charge in [-0.1, -0.05) is 196 Å². The fraction of sp³-hybridized carbons (Fsp3) is 0.688. The fourth-order valence-corrected chi connectivity index (χ4v) is 5.75. The minimum atomic E-state index is -0.803. The highest BCUT2D eigenvalue weighted by Gasteiger charge is 2.19. The van der Waals surface area contributed by atoms with Crippen LogP contribution in [0.3, 0.4) is 0 Å². The zero-order valence-electron chi connectivity index (χ0n) is 35.0. The van der Waals surface area contributed by atoms with Crippen molar-refractivity contribution in [1.82, 2.24) is 0 Å². The standard InChI is InChI=1S/C48H80O6/c1-4-7-10-13-16-19-22-24-26-29-32-35-38-41-47(50)53-44-45(43-52-46(49)40-37-34-31-28-21-18-15-12-9-6-3)54-48(51)42-39-36-33-30-27-25-23-20-17-14-11-8-5-2/h7,10,13,15-16,18-19,22,24,26,29,32,45H,4-6,8-9,11-12,14,17,20-21,23,25,27-28,30-31,33-44H2,1-3H3/b10-7-,16-13-,18-15-,22-19-,26-24-,32-29-. The van der Waals surface area contributed by atoms with Gasteiger partial charge in [-0.15, -0.1) is 0 Å². The van der Waals surface area contributed by atoms with Gasteiger partial charge in [0.05, 0.1) is 0 Å². The number of unbranched alkanes of at least 4 members (excludes halogenated alkanes) is 19. The van der Waals surface area contributed by atoms with E-state index in [4.69, 9.17) is 14.2 Å². The molecule has 0 aromatic heterocycles. The van der Waals surface area contributed by atoms with E-state index in [1.54, 1.807) is 0 Å². The Balaban J connectivity index is 4.51. The van der Waals surface area contributed by atoms with E-state index in [2.05, 4.69) is 39.0 Å². The Morgan fingerprint density at radius 3 is 1.30 bits per heavy atom. The lowest BCUT2D eigenvalue weighted by Crippen LogP contribution is -2.30. The third-order valence-electron chi connectivity index (χ3n) is 9.07. The molecule has 0 aliphatic rings. The molecule has 0 spiro atoms. The summed E-state index contributed by atoms with van der Waals surface area (Å²) >= 11 is 0. The number of hydrogen-bond donors (Lipinski definition) is 0. The molecule has 6 nitrogen and oxygen atoms in total. The molecule has 0 saturated heterocycles. The maximum absolute atomic E-state index is 12.7. The second-order valence-electron chi connectivity index (χ2n) is 14.3. The van der Waals surface area contributed by atoms with Gasteiger partial charge in [0, 0.05) is 19.3 Å². The SMILES string of the molecule is CC\C=C/C=C\C=C/C=C\C=C/CCCC(=O)OCC(COC(=O)CCCCCC/C=C\CCCC)OC(=O)CCCCCCCCCCCCCCC. The predicted molar refractivity (Wildman–Crippen MR) is 228 cm³/mol. The van der Waals surface area contributed by atoms with Crippen molar-refractivity contribution in [3.05, 3.63) is 72.9 Å². The molecule has 0 heterocycles. The van der Waals surface area contributed by atoms with Gasteiger partial charge in [-0.2, -0.15) is 0 Å². The molecule has 0 aromatic carbocycles. The Kier molecular flexibility index (Phi) is 40.1. The van der Waals surface area contributed by atoms with Crippen LogP contribution in [0.1, 0.15) is 194 Å². The summed E-state index contributed by atoms with van der Waals surface area (Å²) in [6.07, 6.45) is 51.8. The first-order chi connectivity index (χ1) is 26.5. The summed E-state index contributed by atoms with van der Waals surface area (Å²) in [6.45, 7) is 6.35. The van der Waals surface area contributed by atoms with Gasteiger partial charge in [0.25, 0.3) is 0 Å². The smallest absolute Gasteiger partial charge is 0.306 e. The molecule has 0 rings (SSSR count). The second kappa shape index (κ2) is 42.6. The second-order valence-corrected chi connectivity index (χ2v) is 14.3. The Morgan fingerprint density at radius 1 is 0.389 bits per heavy atom. The highest BCUT2D eigenvalue weighted by Crippen LogP contribution is 2.14. The van der Waals surface area contributed by atoms with Crippen molar-refractivity contribution < 1.29 is 28.6 Å². The van der Waals surface area contributed by atoms with Crippen LogP contribution in [0, 0.1) is 0 Å². The van der Waals surface area contributed by atoms with Crippen molar-refractivity contribution in [3.8, 4) is 0 Å². The number of carbonyl (C=O) groups is 3. The summed E-state index contributed by atoms with van der Waals surface area (Å²) in [6, 6.07) is 0. The summed E-state index contributed by atoms with van der Waals surface area (Å²) in [5.74, 6) is -0.999. The molecule has 0 bridgehead atoms. The van der Waals surface area contributed by atoms with E-state index in [9.17, 15) is 14.4 Å². The number of ether oxygens (including phenoxy) is 3. The molecule has 0 aliphatic carbocycles. The van der Waals surface area contributed by atoms with Crippen molar-refractivity contribution in [2.75, 3.05) is 13.2 Å². The third kappa shape index (κ3) is 40.0. The molecule has 1 unspecified atom stereocenters. The van der Waals surface area contributed by atoms with Gasteiger partial charge in [-0.05, 0) is 51.4 Å². The Bertz CT molecular complexity index is 1050. The maximum atomic E-state index is 12.7. The largest absolute Gasteiger partial charge is 0.462 e. The van der Waals surface area contributed by atoms with E-state index in [1.165, 1.54) is 77.0 Å². The van der Waals surface area contributed by atoms with E-state index >= 15 is 0 Å². The number of hydrogen-bond acceptors (Lipinski definition) is 6. The predicted octanol–water partition coefficient (Wildman–Crippen LogP) is 13.9. The van der Waals surface area contributed by atoms with Crippen LogP contribution in [0.4, 0.5) is 0 Å². The van der Waals surface area contributed by atoms with Crippen LogP contribution in [0.2, 0.25) is 0 Å². The van der Waals surface area contributed by atoms with E-state index in [0.717, 1.165) is 70.6 Å². The number of rotatable bonds is 38. The third-order valence-corrected chi connectivity index (χ3v) is 9.07. The number of carbonyl (C=O) groups excluding carboxylic acids is 3. The molecular formula is C48H80O6. The highest BCUT2D eigenvalue weighted by atomic mass is 16.6. The normalized spacial score (nSPS) is 12.7. The van der Waals surface area contributed by atoms with Crippen LogP contribution in [0.15, 0.2) is 72.9 Å². The average Bonchev–Trinajstić information content (AvgIpc) is 3.17. The van der Waals surface area contributed by atoms with Crippen LogP contribution in [0.5, 0.6) is 0 Å². The summed E-state index contributed by atoms with van der Waals surface area (Å²) in [4.78, 5) is 37.6. The summed E-state index contributed by atoms with van der Waals surface area (Å²) < 4.78 is 16.6. The lowest BCUT2D eigenvalue weighted by atomic mass is 10.0. The number of esters is 3. The van der Waals surface area contributed by atoms with E-state index < -0.39 is 6.10 Å². The summed E-state index contributed by atoms with van der Waals surface area (Å²) in [5.41, 5.74) is 0. The molecule has 0 aromatic rings. The van der Waals surface area contributed by atoms with Gasteiger partial charge in [0.1, 0.15) is 13.2 Å². The Labute approximate surface area is 332 Å². The Hall–Kier alpha value is -3.15. The molecule has 0 fully saturated rings. The van der Waals surface area contributed by atoms with Crippen LogP contribution in [-0.4, -0.2) is 37.2 Å². The molecule has 0 amide bonds. The summed E-state index contributed by atoms with van der Waals surface area (Å²) in [7, 11) is 0. The van der Waals surface area contributed by atoms with E-state index in [0.29, 0.717) is 19.3 Å². The van der Waals surface area contributed by atoms with Gasteiger partial charge in [-0.3, -0.25) is 14.4 Å². The van der Waals surface area contributed by atoms with Crippen molar-refractivity contribution in [2.24, 2.45) is 0 Å². The van der Waals surface area contributed by atoms with Gasteiger partial charge < -0.3 is 14.2 Å². The molecule has 0 radical (unpaired) electrons. The monoisotopic (exact) mass is 753 g/mol. The molecule has 54 heavy (non-hydrogen) atoms. The van der Waals surface area contributed by atoms with Crippen molar-refractivity contribution in [1.29, 1.82) is 0 Å². The van der Waals surface area contributed by atoms with Crippen LogP contribution < -0.4 is 0 Å². The van der Waals surface area contributed by atoms with Gasteiger partial charge in [0.2, 0.25) is 0 Å².